The Morgan fingerprint density at radius 2 is 2.29 bits per heavy atom. The number of fused-ring (bicyclic) bond motifs is 1. The molecule has 28 heavy (non-hydrogen) atoms. The molecule has 1 amide bonds. The molecule has 0 fully saturated rings. The number of H-pyrrole nitrogens is 1. The molecule has 4 rings (SSSR count). The molecule has 2 aromatic heterocycles. The van der Waals surface area contributed by atoms with Gasteiger partial charge in [-0.1, -0.05) is 24.8 Å². The molecule has 2 N–H and O–H groups in total. The molecule has 1 aliphatic rings. The number of aromatic amines is 1. The number of nitrogens with zero attached hydrogens (tertiary/aromatic N) is 3. The zero-order valence-electron chi connectivity index (χ0n) is 15.3. The van der Waals surface area contributed by atoms with Crippen molar-refractivity contribution in [2.45, 2.75) is 25.3 Å². The maximum Gasteiger partial charge on any atom is 0.243 e. The van der Waals surface area contributed by atoms with Crippen LogP contribution in [0.3, 0.4) is 0 Å². The van der Waals surface area contributed by atoms with Gasteiger partial charge in [-0.2, -0.15) is 5.26 Å². The molecular weight excluding hydrogens is 350 g/mol. The summed E-state index contributed by atoms with van der Waals surface area (Å²) in [5, 5.41) is 13.1. The summed E-state index contributed by atoms with van der Waals surface area (Å²) in [6, 6.07) is 9.64. The van der Waals surface area contributed by atoms with Gasteiger partial charge in [0.1, 0.15) is 12.0 Å². The fraction of sp³-hybridized carbons (Fsp3) is 0.182. The second-order valence-electron chi connectivity index (χ2n) is 6.74. The molecule has 1 unspecified atom stereocenters. The first-order valence-corrected chi connectivity index (χ1v) is 9.16. The van der Waals surface area contributed by atoms with Gasteiger partial charge in [0, 0.05) is 17.8 Å². The predicted molar refractivity (Wildman–Crippen MR) is 108 cm³/mol. The third kappa shape index (κ3) is 3.30. The van der Waals surface area contributed by atoms with Gasteiger partial charge in [0.2, 0.25) is 5.91 Å². The zero-order valence-corrected chi connectivity index (χ0v) is 15.3. The van der Waals surface area contributed by atoms with E-state index in [1.165, 1.54) is 6.08 Å². The van der Waals surface area contributed by atoms with Crippen LogP contribution in [0, 0.1) is 11.3 Å². The Balaban J connectivity index is 1.82. The van der Waals surface area contributed by atoms with Crippen molar-refractivity contribution in [1.29, 1.82) is 5.26 Å². The molecule has 0 saturated heterocycles. The van der Waals surface area contributed by atoms with Crippen molar-refractivity contribution in [3.63, 3.8) is 0 Å². The number of rotatable bonds is 4. The Kier molecular flexibility index (Phi) is 4.73. The summed E-state index contributed by atoms with van der Waals surface area (Å²) in [5.41, 5.74) is 5.21. The molecule has 0 aliphatic heterocycles. The van der Waals surface area contributed by atoms with Gasteiger partial charge in [-0.25, -0.2) is 9.97 Å². The lowest BCUT2D eigenvalue weighted by Gasteiger charge is -2.22. The predicted octanol–water partition coefficient (Wildman–Crippen LogP) is 3.73. The number of benzene rings is 1. The monoisotopic (exact) mass is 369 g/mol. The van der Waals surface area contributed by atoms with Crippen LogP contribution < -0.4 is 5.32 Å². The molecule has 6 heteroatoms. The quantitative estimate of drug-likeness (QED) is 0.685. The first-order chi connectivity index (χ1) is 13.7. The fourth-order valence-electron chi connectivity index (χ4n) is 3.67. The Hall–Kier alpha value is -3.72. The first-order valence-electron chi connectivity index (χ1n) is 9.16. The summed E-state index contributed by atoms with van der Waals surface area (Å²) in [5.74, 6) is -0.175. The molecule has 2 heterocycles. The van der Waals surface area contributed by atoms with Gasteiger partial charge in [-0.3, -0.25) is 4.79 Å². The van der Waals surface area contributed by atoms with E-state index in [2.05, 4.69) is 39.0 Å². The second-order valence-corrected chi connectivity index (χ2v) is 6.74. The highest BCUT2D eigenvalue weighted by Gasteiger charge is 2.20. The largest absolute Gasteiger partial charge is 0.346 e. The Morgan fingerprint density at radius 3 is 3.11 bits per heavy atom. The fourth-order valence-corrected chi connectivity index (χ4v) is 3.67. The van der Waals surface area contributed by atoms with E-state index in [1.54, 1.807) is 12.4 Å². The molecule has 0 spiro atoms. The summed E-state index contributed by atoms with van der Waals surface area (Å²) in [6.07, 6.45) is 9.56. The van der Waals surface area contributed by atoms with Crippen molar-refractivity contribution in [3.05, 3.63) is 66.8 Å². The van der Waals surface area contributed by atoms with Gasteiger partial charge in [0.15, 0.2) is 0 Å². The van der Waals surface area contributed by atoms with Gasteiger partial charge < -0.3 is 10.3 Å². The molecule has 0 radical (unpaired) electrons. The molecule has 1 atom stereocenters. The third-order valence-corrected chi connectivity index (χ3v) is 4.95. The number of nitriles is 1. The highest BCUT2D eigenvalue weighted by atomic mass is 16.1. The van der Waals surface area contributed by atoms with Crippen LogP contribution in [0.1, 0.15) is 30.5 Å². The number of hydrogen-bond donors (Lipinski definition) is 2. The third-order valence-electron chi connectivity index (χ3n) is 4.95. The number of aromatic nitrogens is 3. The number of allylic oxidation sites excluding steroid dienone is 1. The van der Waals surface area contributed by atoms with Crippen LogP contribution >= 0.6 is 0 Å². The topological polar surface area (TPSA) is 94.5 Å². The van der Waals surface area contributed by atoms with E-state index in [9.17, 15) is 10.1 Å². The summed E-state index contributed by atoms with van der Waals surface area (Å²) in [6.45, 7) is 3.52. The average molecular weight is 369 g/mol. The molecule has 138 valence electrons. The van der Waals surface area contributed by atoms with Gasteiger partial charge in [0.05, 0.1) is 22.7 Å². The van der Waals surface area contributed by atoms with Gasteiger partial charge in [-0.05, 0) is 48.6 Å². The van der Waals surface area contributed by atoms with E-state index in [0.29, 0.717) is 5.56 Å². The van der Waals surface area contributed by atoms with Crippen LogP contribution in [-0.2, 0) is 4.79 Å². The number of nitrogens with one attached hydrogen (secondary N) is 2. The molecule has 6 nitrogen and oxygen atoms in total. The average Bonchev–Trinajstić information content (AvgIpc) is 3.18. The zero-order chi connectivity index (χ0) is 19.5. The van der Waals surface area contributed by atoms with Gasteiger partial charge in [0.25, 0.3) is 0 Å². The van der Waals surface area contributed by atoms with Crippen molar-refractivity contribution in [2.24, 2.45) is 0 Å². The molecule has 1 aliphatic carbocycles. The van der Waals surface area contributed by atoms with Crippen LogP contribution in [0.25, 0.3) is 27.7 Å². The van der Waals surface area contributed by atoms with Crippen LogP contribution in [-0.4, -0.2) is 26.9 Å². The Bertz CT molecular complexity index is 1140. The number of hydrogen-bond acceptors (Lipinski definition) is 4. The standard InChI is InChI=1S/C22H19N5O/c1-2-19(28)27-17-8-4-7-16(10-17)21-20-18(12-24-22(20)26-13-25-21)15-6-3-5-14(9-15)11-23/h2-3,5-6,9-10,12-13,17H,1,4,7-8H2,(H,27,28)(H,24,25,26). The number of carbonyl (C=O) groups is 1. The minimum Gasteiger partial charge on any atom is -0.346 e. The summed E-state index contributed by atoms with van der Waals surface area (Å²) in [7, 11) is 0. The highest BCUT2D eigenvalue weighted by molar-refractivity contribution is 6.00. The van der Waals surface area contributed by atoms with Crippen molar-refractivity contribution in [3.8, 4) is 17.2 Å². The highest BCUT2D eigenvalue weighted by Crippen LogP contribution is 2.35. The normalized spacial score (nSPS) is 16.2. The SMILES string of the molecule is C=CC(=O)NC1C=C(c2ncnc3[nH]cc(-c4cccc(C#N)c4)c23)CCC1. The first kappa shape index (κ1) is 17.7. The van der Waals surface area contributed by atoms with Crippen LogP contribution in [0.2, 0.25) is 0 Å². The van der Waals surface area contributed by atoms with E-state index in [-0.39, 0.29) is 11.9 Å². The Morgan fingerprint density at radius 1 is 1.39 bits per heavy atom. The van der Waals surface area contributed by atoms with Gasteiger partial charge >= 0.3 is 0 Å². The van der Waals surface area contributed by atoms with E-state index < -0.39 is 0 Å². The summed E-state index contributed by atoms with van der Waals surface area (Å²) < 4.78 is 0. The van der Waals surface area contributed by atoms with Crippen molar-refractivity contribution in [2.75, 3.05) is 0 Å². The minimum absolute atomic E-state index is 0.0384. The van der Waals surface area contributed by atoms with E-state index in [4.69, 9.17) is 0 Å². The maximum atomic E-state index is 11.7. The lowest BCUT2D eigenvalue weighted by Crippen LogP contribution is -2.33. The van der Waals surface area contributed by atoms with Crippen LogP contribution in [0.15, 0.2) is 55.5 Å². The van der Waals surface area contributed by atoms with E-state index in [1.807, 2.05) is 24.4 Å². The molecule has 3 aromatic rings. The maximum absolute atomic E-state index is 11.7. The second kappa shape index (κ2) is 7.49. The number of amides is 1. The smallest absolute Gasteiger partial charge is 0.243 e. The molecule has 1 aromatic carbocycles. The summed E-state index contributed by atoms with van der Waals surface area (Å²) >= 11 is 0. The Labute approximate surface area is 162 Å². The lowest BCUT2D eigenvalue weighted by atomic mass is 9.91. The van der Waals surface area contributed by atoms with Crippen molar-refractivity contribution < 1.29 is 4.79 Å². The van der Waals surface area contributed by atoms with Gasteiger partial charge in [-0.15, -0.1) is 0 Å². The molecular formula is C22H19N5O. The van der Waals surface area contributed by atoms with Crippen LogP contribution in [0.4, 0.5) is 0 Å². The van der Waals surface area contributed by atoms with E-state index in [0.717, 1.165) is 52.7 Å². The molecule has 0 saturated carbocycles. The van der Waals surface area contributed by atoms with Crippen molar-refractivity contribution >= 4 is 22.5 Å². The van der Waals surface area contributed by atoms with Crippen LogP contribution in [0.5, 0.6) is 0 Å². The lowest BCUT2D eigenvalue weighted by molar-refractivity contribution is -0.116. The van der Waals surface area contributed by atoms with E-state index >= 15 is 0 Å². The summed E-state index contributed by atoms with van der Waals surface area (Å²) in [4.78, 5) is 23.8. The molecule has 0 bridgehead atoms. The minimum atomic E-state index is -0.175. The van der Waals surface area contributed by atoms with Crippen molar-refractivity contribution in [1.82, 2.24) is 20.3 Å². The number of carbonyl (C=O) groups excluding carboxylic acids is 1.